The van der Waals surface area contributed by atoms with E-state index in [1.165, 1.54) is 12.1 Å². The molecule has 0 heterocycles. The van der Waals surface area contributed by atoms with Crippen LogP contribution in [0, 0.1) is 0 Å². The van der Waals surface area contributed by atoms with Gasteiger partial charge in [-0.25, -0.2) is 13.1 Å². The molecule has 0 aromatic heterocycles. The highest BCUT2D eigenvalue weighted by atomic mass is 32.2. The molecule has 0 saturated carbocycles. The number of amides is 1. The Bertz CT molecular complexity index is 1040. The van der Waals surface area contributed by atoms with Gasteiger partial charge in [-0.2, -0.15) is 0 Å². The smallest absolute Gasteiger partial charge is 0.255 e. The van der Waals surface area contributed by atoms with Crippen molar-refractivity contribution in [1.29, 1.82) is 0 Å². The van der Waals surface area contributed by atoms with E-state index in [1.54, 1.807) is 38.1 Å². The van der Waals surface area contributed by atoms with E-state index in [1.807, 2.05) is 42.5 Å². The molecule has 0 aliphatic heterocycles. The molecule has 0 aliphatic carbocycles. The van der Waals surface area contributed by atoms with E-state index in [0.29, 0.717) is 11.3 Å². The number of rotatable bonds is 6. The van der Waals surface area contributed by atoms with Gasteiger partial charge in [0.2, 0.25) is 10.0 Å². The standard InChI is InChI=1S/C22H22N2O3S/c1-16(2)24-28(26,27)21-14-12-20(13-15-21)23-22(25)19-10-8-18(9-11-19)17-6-4-3-5-7-17/h3-16,24H,1-2H3,(H,23,25). The van der Waals surface area contributed by atoms with Gasteiger partial charge in [-0.05, 0) is 61.4 Å². The van der Waals surface area contributed by atoms with Gasteiger partial charge in [0.1, 0.15) is 0 Å². The van der Waals surface area contributed by atoms with Gasteiger partial charge in [0.15, 0.2) is 0 Å². The van der Waals surface area contributed by atoms with Gasteiger partial charge in [-0.3, -0.25) is 4.79 Å². The molecule has 0 aliphatic rings. The van der Waals surface area contributed by atoms with Crippen LogP contribution in [0.4, 0.5) is 5.69 Å². The Kier molecular flexibility index (Phi) is 5.92. The zero-order valence-corrected chi connectivity index (χ0v) is 16.5. The van der Waals surface area contributed by atoms with Crippen LogP contribution >= 0.6 is 0 Å². The summed E-state index contributed by atoms with van der Waals surface area (Å²) in [6.07, 6.45) is 0. The van der Waals surface area contributed by atoms with E-state index in [2.05, 4.69) is 10.0 Å². The zero-order chi connectivity index (χ0) is 20.1. The molecule has 28 heavy (non-hydrogen) atoms. The van der Waals surface area contributed by atoms with Crippen LogP contribution in [0.15, 0.2) is 83.8 Å². The molecule has 0 fully saturated rings. The third-order valence-corrected chi connectivity index (χ3v) is 5.74. The maximum absolute atomic E-state index is 12.4. The SMILES string of the molecule is CC(C)NS(=O)(=O)c1ccc(NC(=O)c2ccc(-c3ccccc3)cc2)cc1. The maximum Gasteiger partial charge on any atom is 0.255 e. The second-order valence-electron chi connectivity index (χ2n) is 6.70. The van der Waals surface area contributed by atoms with E-state index in [4.69, 9.17) is 0 Å². The Labute approximate surface area is 165 Å². The molecule has 0 atom stereocenters. The molecule has 3 aromatic carbocycles. The number of anilines is 1. The monoisotopic (exact) mass is 394 g/mol. The minimum Gasteiger partial charge on any atom is -0.322 e. The van der Waals surface area contributed by atoms with Crippen molar-refractivity contribution in [2.45, 2.75) is 24.8 Å². The van der Waals surface area contributed by atoms with Crippen molar-refractivity contribution >= 4 is 21.6 Å². The van der Waals surface area contributed by atoms with Crippen LogP contribution in [-0.4, -0.2) is 20.4 Å². The van der Waals surface area contributed by atoms with Gasteiger partial charge in [0.25, 0.3) is 5.91 Å². The first-order chi connectivity index (χ1) is 13.3. The summed E-state index contributed by atoms with van der Waals surface area (Å²) < 4.78 is 26.8. The lowest BCUT2D eigenvalue weighted by atomic mass is 10.0. The molecule has 0 bridgehead atoms. The average Bonchev–Trinajstić information content (AvgIpc) is 2.68. The van der Waals surface area contributed by atoms with Crippen molar-refractivity contribution in [3.8, 4) is 11.1 Å². The summed E-state index contributed by atoms with van der Waals surface area (Å²) in [4.78, 5) is 12.6. The third kappa shape index (κ3) is 4.85. The van der Waals surface area contributed by atoms with Crippen molar-refractivity contribution in [2.24, 2.45) is 0 Å². The predicted molar refractivity (Wildman–Crippen MR) is 112 cm³/mol. The summed E-state index contributed by atoms with van der Waals surface area (Å²) in [5.41, 5.74) is 3.17. The summed E-state index contributed by atoms with van der Waals surface area (Å²) >= 11 is 0. The van der Waals surface area contributed by atoms with Gasteiger partial charge in [0, 0.05) is 17.3 Å². The molecular formula is C22H22N2O3S. The normalized spacial score (nSPS) is 11.4. The Hall–Kier alpha value is -2.96. The van der Waals surface area contributed by atoms with Crippen molar-refractivity contribution < 1.29 is 13.2 Å². The Morgan fingerprint density at radius 3 is 1.93 bits per heavy atom. The van der Waals surface area contributed by atoms with Crippen LogP contribution in [0.2, 0.25) is 0 Å². The van der Waals surface area contributed by atoms with Crippen LogP contribution in [0.1, 0.15) is 24.2 Å². The lowest BCUT2D eigenvalue weighted by Gasteiger charge is -2.11. The van der Waals surface area contributed by atoms with Crippen LogP contribution in [0.25, 0.3) is 11.1 Å². The Morgan fingerprint density at radius 1 is 0.786 bits per heavy atom. The molecular weight excluding hydrogens is 372 g/mol. The number of hydrogen-bond acceptors (Lipinski definition) is 3. The first-order valence-electron chi connectivity index (χ1n) is 8.94. The Morgan fingerprint density at radius 2 is 1.36 bits per heavy atom. The topological polar surface area (TPSA) is 75.3 Å². The molecule has 3 aromatic rings. The zero-order valence-electron chi connectivity index (χ0n) is 15.7. The number of hydrogen-bond donors (Lipinski definition) is 2. The van der Waals surface area contributed by atoms with Gasteiger partial charge >= 0.3 is 0 Å². The highest BCUT2D eigenvalue weighted by Crippen LogP contribution is 2.20. The summed E-state index contributed by atoms with van der Waals surface area (Å²) in [7, 11) is -3.55. The van der Waals surface area contributed by atoms with E-state index in [9.17, 15) is 13.2 Å². The molecule has 6 heteroatoms. The fourth-order valence-corrected chi connectivity index (χ4v) is 3.99. The summed E-state index contributed by atoms with van der Waals surface area (Å²) in [6.45, 7) is 3.52. The van der Waals surface area contributed by atoms with Gasteiger partial charge in [0.05, 0.1) is 4.90 Å². The molecule has 0 unspecified atom stereocenters. The number of nitrogens with one attached hydrogen (secondary N) is 2. The molecule has 2 N–H and O–H groups in total. The first kappa shape index (κ1) is 19.8. The van der Waals surface area contributed by atoms with Gasteiger partial charge in [-0.15, -0.1) is 0 Å². The van der Waals surface area contributed by atoms with E-state index >= 15 is 0 Å². The summed E-state index contributed by atoms with van der Waals surface area (Å²) in [5.74, 6) is -0.254. The number of benzene rings is 3. The lowest BCUT2D eigenvalue weighted by molar-refractivity contribution is 0.102. The molecule has 0 spiro atoms. The lowest BCUT2D eigenvalue weighted by Crippen LogP contribution is -2.30. The molecule has 3 rings (SSSR count). The second kappa shape index (κ2) is 8.37. The highest BCUT2D eigenvalue weighted by molar-refractivity contribution is 7.89. The van der Waals surface area contributed by atoms with E-state index in [-0.39, 0.29) is 16.8 Å². The van der Waals surface area contributed by atoms with Crippen molar-refractivity contribution in [3.05, 3.63) is 84.4 Å². The highest BCUT2D eigenvalue weighted by Gasteiger charge is 2.15. The number of sulfonamides is 1. The molecule has 1 amide bonds. The molecule has 0 saturated heterocycles. The maximum atomic E-state index is 12.4. The van der Waals surface area contributed by atoms with Crippen LogP contribution in [0.3, 0.4) is 0 Å². The predicted octanol–water partition coefficient (Wildman–Crippen LogP) is 4.29. The second-order valence-corrected chi connectivity index (χ2v) is 8.41. The minimum absolute atomic E-state index is 0.159. The fraction of sp³-hybridized carbons (Fsp3) is 0.136. The first-order valence-corrected chi connectivity index (χ1v) is 10.4. The molecule has 5 nitrogen and oxygen atoms in total. The third-order valence-electron chi connectivity index (χ3n) is 4.07. The van der Waals surface area contributed by atoms with Crippen LogP contribution in [-0.2, 0) is 10.0 Å². The number of carbonyl (C=O) groups is 1. The van der Waals surface area contributed by atoms with E-state index in [0.717, 1.165) is 11.1 Å². The largest absolute Gasteiger partial charge is 0.322 e. The van der Waals surface area contributed by atoms with Crippen molar-refractivity contribution in [3.63, 3.8) is 0 Å². The van der Waals surface area contributed by atoms with Gasteiger partial charge in [-0.1, -0.05) is 42.5 Å². The quantitative estimate of drug-likeness (QED) is 0.655. The van der Waals surface area contributed by atoms with Crippen LogP contribution < -0.4 is 10.0 Å². The molecule has 0 radical (unpaired) electrons. The average molecular weight is 394 g/mol. The summed E-state index contributed by atoms with van der Waals surface area (Å²) in [6, 6.07) is 23.2. The van der Waals surface area contributed by atoms with Crippen LogP contribution in [0.5, 0.6) is 0 Å². The summed E-state index contributed by atoms with van der Waals surface area (Å²) in [5, 5.41) is 2.78. The van der Waals surface area contributed by atoms with Crippen molar-refractivity contribution in [2.75, 3.05) is 5.32 Å². The minimum atomic E-state index is -3.55. The van der Waals surface area contributed by atoms with Gasteiger partial charge < -0.3 is 5.32 Å². The van der Waals surface area contributed by atoms with Crippen molar-refractivity contribution in [1.82, 2.24) is 4.72 Å². The Balaban J connectivity index is 1.69. The molecule has 144 valence electrons. The fourth-order valence-electron chi connectivity index (χ4n) is 2.74. The number of carbonyl (C=O) groups excluding carboxylic acids is 1. The van der Waals surface area contributed by atoms with E-state index < -0.39 is 10.0 Å².